The monoisotopic (exact) mass is 228 g/mol. The van der Waals surface area contributed by atoms with E-state index in [1.807, 2.05) is 11.9 Å². The Morgan fingerprint density at radius 1 is 1.38 bits per heavy atom. The van der Waals surface area contributed by atoms with Gasteiger partial charge in [0.2, 0.25) is 5.91 Å². The summed E-state index contributed by atoms with van der Waals surface area (Å²) in [5.74, 6) is 0.154. The largest absolute Gasteiger partial charge is 0.396 e. The first-order valence-corrected chi connectivity index (χ1v) is 6.00. The molecule has 16 heavy (non-hydrogen) atoms. The minimum Gasteiger partial charge on any atom is -0.396 e. The standard InChI is InChI=1S/C12H24N2O2/c1-12(2,3)14-8-5-7-13(4)10(6-9-15)11(14)16/h10,15H,5-9H2,1-4H3. The van der Waals surface area contributed by atoms with Crippen LogP contribution >= 0.6 is 0 Å². The van der Waals surface area contributed by atoms with Crippen molar-refractivity contribution in [3.63, 3.8) is 0 Å². The minimum absolute atomic E-state index is 0.0682. The zero-order valence-electron chi connectivity index (χ0n) is 10.9. The van der Waals surface area contributed by atoms with Crippen molar-refractivity contribution in [3.8, 4) is 0 Å². The summed E-state index contributed by atoms with van der Waals surface area (Å²) in [5, 5.41) is 9.04. The Hall–Kier alpha value is -0.610. The van der Waals surface area contributed by atoms with Crippen molar-refractivity contribution in [1.82, 2.24) is 9.80 Å². The predicted molar refractivity (Wildman–Crippen MR) is 64.2 cm³/mol. The van der Waals surface area contributed by atoms with Gasteiger partial charge in [-0.25, -0.2) is 0 Å². The number of aliphatic hydroxyl groups is 1. The van der Waals surface area contributed by atoms with Crippen LogP contribution < -0.4 is 0 Å². The maximum Gasteiger partial charge on any atom is 0.240 e. The van der Waals surface area contributed by atoms with Gasteiger partial charge in [-0.3, -0.25) is 9.69 Å². The number of hydrogen-bond donors (Lipinski definition) is 1. The third-order valence-electron chi connectivity index (χ3n) is 3.19. The molecular formula is C12H24N2O2. The highest BCUT2D eigenvalue weighted by atomic mass is 16.3. The number of hydrogen-bond acceptors (Lipinski definition) is 3. The Bertz CT molecular complexity index is 248. The third-order valence-corrected chi connectivity index (χ3v) is 3.19. The fraction of sp³-hybridized carbons (Fsp3) is 0.917. The maximum atomic E-state index is 12.4. The molecule has 1 unspecified atom stereocenters. The topological polar surface area (TPSA) is 43.8 Å². The van der Waals surface area contributed by atoms with Gasteiger partial charge in [-0.1, -0.05) is 0 Å². The molecule has 0 aromatic carbocycles. The number of carbonyl (C=O) groups is 1. The van der Waals surface area contributed by atoms with Crippen LogP contribution in [0.5, 0.6) is 0 Å². The van der Waals surface area contributed by atoms with Crippen molar-refractivity contribution in [2.45, 2.75) is 45.2 Å². The molecular weight excluding hydrogens is 204 g/mol. The highest BCUT2D eigenvalue weighted by Gasteiger charge is 2.35. The smallest absolute Gasteiger partial charge is 0.240 e. The van der Waals surface area contributed by atoms with Crippen LogP contribution in [0.25, 0.3) is 0 Å². The molecule has 1 aliphatic rings. The minimum atomic E-state index is -0.160. The Labute approximate surface area is 98.2 Å². The number of amides is 1. The van der Waals surface area contributed by atoms with E-state index >= 15 is 0 Å². The van der Waals surface area contributed by atoms with E-state index in [0.29, 0.717) is 6.42 Å². The van der Waals surface area contributed by atoms with Crippen LogP contribution in [-0.2, 0) is 4.79 Å². The first-order chi connectivity index (χ1) is 7.38. The SMILES string of the molecule is CN1CCCN(C(C)(C)C)C(=O)C1CCO. The molecule has 1 saturated heterocycles. The van der Waals surface area contributed by atoms with Gasteiger partial charge in [0.15, 0.2) is 0 Å². The first kappa shape index (κ1) is 13.5. The van der Waals surface area contributed by atoms with Crippen molar-refractivity contribution in [2.75, 3.05) is 26.7 Å². The van der Waals surface area contributed by atoms with Gasteiger partial charge in [0.25, 0.3) is 0 Å². The average Bonchev–Trinajstić information content (AvgIpc) is 2.29. The lowest BCUT2D eigenvalue weighted by atomic mass is 10.0. The fourth-order valence-corrected chi connectivity index (χ4v) is 2.24. The molecule has 0 spiro atoms. The van der Waals surface area contributed by atoms with Crippen molar-refractivity contribution < 1.29 is 9.90 Å². The molecule has 0 radical (unpaired) electrons. The maximum absolute atomic E-state index is 12.4. The van der Waals surface area contributed by atoms with E-state index in [2.05, 4.69) is 25.7 Å². The number of rotatable bonds is 2. The van der Waals surface area contributed by atoms with E-state index < -0.39 is 0 Å². The summed E-state index contributed by atoms with van der Waals surface area (Å²) in [5.41, 5.74) is -0.129. The molecule has 0 saturated carbocycles. The molecule has 1 heterocycles. The van der Waals surface area contributed by atoms with Gasteiger partial charge in [0.05, 0.1) is 6.04 Å². The summed E-state index contributed by atoms with van der Waals surface area (Å²) in [6, 6.07) is -0.160. The summed E-state index contributed by atoms with van der Waals surface area (Å²) < 4.78 is 0. The zero-order chi connectivity index (χ0) is 12.3. The van der Waals surface area contributed by atoms with Crippen LogP contribution in [0.15, 0.2) is 0 Å². The van der Waals surface area contributed by atoms with Gasteiger partial charge in [-0.15, -0.1) is 0 Å². The molecule has 4 heteroatoms. The summed E-state index contributed by atoms with van der Waals surface area (Å²) in [6.45, 7) is 7.99. The van der Waals surface area contributed by atoms with Crippen LogP contribution in [-0.4, -0.2) is 59.1 Å². The second kappa shape index (κ2) is 5.15. The van der Waals surface area contributed by atoms with Gasteiger partial charge in [-0.2, -0.15) is 0 Å². The van der Waals surface area contributed by atoms with Gasteiger partial charge in [0.1, 0.15) is 0 Å². The molecule has 1 N–H and O–H groups in total. The summed E-state index contributed by atoms with van der Waals surface area (Å²) in [4.78, 5) is 16.4. The van der Waals surface area contributed by atoms with Crippen LogP contribution in [0.4, 0.5) is 0 Å². The van der Waals surface area contributed by atoms with Gasteiger partial charge in [-0.05, 0) is 40.7 Å². The zero-order valence-corrected chi connectivity index (χ0v) is 10.9. The van der Waals surface area contributed by atoms with Crippen LogP contribution in [0, 0.1) is 0 Å². The van der Waals surface area contributed by atoms with E-state index in [4.69, 9.17) is 5.11 Å². The average molecular weight is 228 g/mol. The summed E-state index contributed by atoms with van der Waals surface area (Å²) >= 11 is 0. The molecule has 0 aromatic heterocycles. The molecule has 1 fully saturated rings. The van der Waals surface area contributed by atoms with Crippen LogP contribution in [0.1, 0.15) is 33.6 Å². The molecule has 94 valence electrons. The Kier molecular flexibility index (Phi) is 4.33. The van der Waals surface area contributed by atoms with E-state index in [0.717, 1.165) is 19.5 Å². The normalized spacial score (nSPS) is 24.7. The van der Waals surface area contributed by atoms with Crippen molar-refractivity contribution in [2.24, 2.45) is 0 Å². The third kappa shape index (κ3) is 2.95. The molecule has 0 bridgehead atoms. The van der Waals surface area contributed by atoms with Crippen LogP contribution in [0.3, 0.4) is 0 Å². The lowest BCUT2D eigenvalue weighted by Crippen LogP contribution is -2.51. The lowest BCUT2D eigenvalue weighted by Gasteiger charge is -2.37. The molecule has 4 nitrogen and oxygen atoms in total. The number of carbonyl (C=O) groups excluding carboxylic acids is 1. The van der Waals surface area contributed by atoms with E-state index in [1.165, 1.54) is 0 Å². The quantitative estimate of drug-likeness (QED) is 0.756. The Balaban J connectivity index is 2.86. The number of aliphatic hydroxyl groups excluding tert-OH is 1. The van der Waals surface area contributed by atoms with Crippen molar-refractivity contribution in [1.29, 1.82) is 0 Å². The van der Waals surface area contributed by atoms with Crippen molar-refractivity contribution in [3.05, 3.63) is 0 Å². The molecule has 0 aromatic rings. The van der Waals surface area contributed by atoms with E-state index in [9.17, 15) is 4.79 Å². The summed E-state index contributed by atoms with van der Waals surface area (Å²) in [6.07, 6.45) is 1.53. The van der Waals surface area contributed by atoms with Crippen molar-refractivity contribution >= 4 is 5.91 Å². The highest BCUT2D eigenvalue weighted by molar-refractivity contribution is 5.82. The Morgan fingerprint density at radius 3 is 2.50 bits per heavy atom. The number of nitrogens with zero attached hydrogens (tertiary/aromatic N) is 2. The fourth-order valence-electron chi connectivity index (χ4n) is 2.24. The molecule has 1 aliphatic heterocycles. The van der Waals surface area contributed by atoms with E-state index in [1.54, 1.807) is 0 Å². The molecule has 0 aliphatic carbocycles. The second-order valence-electron chi connectivity index (χ2n) is 5.52. The first-order valence-electron chi connectivity index (χ1n) is 6.00. The van der Waals surface area contributed by atoms with Gasteiger partial charge >= 0.3 is 0 Å². The molecule has 1 atom stereocenters. The molecule has 1 rings (SSSR count). The van der Waals surface area contributed by atoms with Gasteiger partial charge in [0, 0.05) is 25.2 Å². The highest BCUT2D eigenvalue weighted by Crippen LogP contribution is 2.21. The molecule has 1 amide bonds. The lowest BCUT2D eigenvalue weighted by molar-refractivity contribution is -0.140. The Morgan fingerprint density at radius 2 is 2.00 bits per heavy atom. The van der Waals surface area contributed by atoms with Crippen LogP contribution in [0.2, 0.25) is 0 Å². The second-order valence-corrected chi connectivity index (χ2v) is 5.52. The predicted octanol–water partition coefficient (Wildman–Crippen LogP) is 0.700. The van der Waals surface area contributed by atoms with Gasteiger partial charge < -0.3 is 10.0 Å². The summed E-state index contributed by atoms with van der Waals surface area (Å²) in [7, 11) is 1.96. The van der Waals surface area contributed by atoms with E-state index in [-0.39, 0.29) is 24.1 Å². The number of likely N-dealkylation sites (N-methyl/N-ethyl adjacent to an activating group) is 1.